The Morgan fingerprint density at radius 3 is 2.55 bits per heavy atom. The Balaban J connectivity index is 1.81. The molecule has 0 saturated carbocycles. The van der Waals surface area contributed by atoms with Crippen molar-refractivity contribution < 1.29 is 13.9 Å². The van der Waals surface area contributed by atoms with Crippen molar-refractivity contribution >= 4 is 0 Å². The van der Waals surface area contributed by atoms with Crippen molar-refractivity contribution in [2.45, 2.75) is 13.0 Å². The van der Waals surface area contributed by atoms with Crippen LogP contribution in [0.3, 0.4) is 0 Å². The van der Waals surface area contributed by atoms with Gasteiger partial charge in [-0.15, -0.1) is 0 Å². The molecule has 0 aliphatic heterocycles. The molecule has 2 aromatic carbocycles. The minimum Gasteiger partial charge on any atom is -0.508 e. The van der Waals surface area contributed by atoms with Gasteiger partial charge in [-0.2, -0.15) is 0 Å². The van der Waals surface area contributed by atoms with E-state index < -0.39 is 11.6 Å². The van der Waals surface area contributed by atoms with Crippen LogP contribution in [0.4, 0.5) is 8.78 Å². The molecule has 0 aliphatic rings. The Hall–Kier alpha value is -2.69. The van der Waals surface area contributed by atoms with E-state index in [1.54, 1.807) is 18.3 Å². The molecule has 5 heteroatoms. The van der Waals surface area contributed by atoms with Crippen molar-refractivity contribution in [1.29, 1.82) is 0 Å². The van der Waals surface area contributed by atoms with Crippen LogP contribution in [0.5, 0.6) is 5.75 Å². The zero-order valence-corrected chi connectivity index (χ0v) is 11.7. The molecule has 1 aromatic heterocycles. The van der Waals surface area contributed by atoms with Crippen molar-refractivity contribution in [3.8, 4) is 5.75 Å². The fourth-order valence-corrected chi connectivity index (χ4v) is 2.28. The molecule has 1 heterocycles. The largest absolute Gasteiger partial charge is 0.508 e. The van der Waals surface area contributed by atoms with Gasteiger partial charge in [0.2, 0.25) is 0 Å². The third-order valence-electron chi connectivity index (χ3n) is 3.45. The summed E-state index contributed by atoms with van der Waals surface area (Å²) in [5, 5.41) is 9.29. The summed E-state index contributed by atoms with van der Waals surface area (Å²) in [5.41, 5.74) is 1.40. The molecule has 0 aliphatic carbocycles. The number of phenolic OH excluding ortho intramolecular Hbond substituents is 1. The van der Waals surface area contributed by atoms with E-state index in [1.165, 1.54) is 12.1 Å². The highest BCUT2D eigenvalue weighted by atomic mass is 19.1. The molecular weight excluding hydrogens is 286 g/mol. The summed E-state index contributed by atoms with van der Waals surface area (Å²) >= 11 is 0. The van der Waals surface area contributed by atoms with Crippen LogP contribution in [0, 0.1) is 11.6 Å². The second-order valence-corrected chi connectivity index (χ2v) is 5.05. The summed E-state index contributed by atoms with van der Waals surface area (Å²) in [4.78, 5) is 4.24. The average molecular weight is 300 g/mol. The maximum Gasteiger partial charge on any atom is 0.129 e. The highest BCUT2D eigenvalue weighted by molar-refractivity contribution is 5.27. The molecule has 0 fully saturated rings. The molecule has 0 amide bonds. The fraction of sp³-hybridized carbons (Fsp3) is 0.118. The fourth-order valence-electron chi connectivity index (χ4n) is 2.28. The molecule has 0 atom stereocenters. The smallest absolute Gasteiger partial charge is 0.129 e. The number of benzene rings is 2. The first-order chi connectivity index (χ1) is 10.6. The monoisotopic (exact) mass is 300 g/mol. The van der Waals surface area contributed by atoms with E-state index in [2.05, 4.69) is 4.98 Å². The zero-order valence-electron chi connectivity index (χ0n) is 11.7. The Labute approximate surface area is 126 Å². The van der Waals surface area contributed by atoms with Gasteiger partial charge in [-0.05, 0) is 29.3 Å². The van der Waals surface area contributed by atoms with Crippen molar-refractivity contribution in [2.24, 2.45) is 0 Å². The van der Waals surface area contributed by atoms with E-state index in [1.807, 2.05) is 22.9 Å². The molecule has 0 bridgehead atoms. The summed E-state index contributed by atoms with van der Waals surface area (Å²) in [6.45, 7) is 0.568. The van der Waals surface area contributed by atoms with E-state index >= 15 is 0 Å². The van der Waals surface area contributed by atoms with E-state index in [9.17, 15) is 13.9 Å². The standard InChI is InChI=1S/C17H14F2N2O/c18-14-4-3-13(16(19)10-14)9-17-20-7-8-21(17)11-12-1-5-15(22)6-2-12/h1-8,10,22H,9,11H2. The Bertz CT molecular complexity index is 782. The number of rotatable bonds is 4. The topological polar surface area (TPSA) is 38.0 Å². The quantitative estimate of drug-likeness (QED) is 0.800. The van der Waals surface area contributed by atoms with Crippen molar-refractivity contribution in [3.63, 3.8) is 0 Å². The minimum absolute atomic E-state index is 0.211. The first kappa shape index (κ1) is 14.3. The van der Waals surface area contributed by atoms with Gasteiger partial charge in [0.05, 0.1) is 0 Å². The van der Waals surface area contributed by atoms with Crippen LogP contribution in [0.25, 0.3) is 0 Å². The van der Waals surface area contributed by atoms with Crippen LogP contribution in [0.2, 0.25) is 0 Å². The van der Waals surface area contributed by atoms with Gasteiger partial charge in [0.1, 0.15) is 23.2 Å². The number of imidazole rings is 1. The van der Waals surface area contributed by atoms with E-state index in [0.29, 0.717) is 17.9 Å². The lowest BCUT2D eigenvalue weighted by molar-refractivity contribution is 0.475. The van der Waals surface area contributed by atoms with Crippen molar-refractivity contribution in [2.75, 3.05) is 0 Å². The van der Waals surface area contributed by atoms with Gasteiger partial charge >= 0.3 is 0 Å². The molecule has 112 valence electrons. The summed E-state index contributed by atoms with van der Waals surface area (Å²) < 4.78 is 28.6. The highest BCUT2D eigenvalue weighted by Gasteiger charge is 2.09. The summed E-state index contributed by atoms with van der Waals surface area (Å²) in [6.07, 6.45) is 3.75. The van der Waals surface area contributed by atoms with Gasteiger partial charge < -0.3 is 9.67 Å². The van der Waals surface area contributed by atoms with Gasteiger partial charge in [0.25, 0.3) is 0 Å². The molecule has 3 rings (SSSR count). The van der Waals surface area contributed by atoms with Gasteiger partial charge in [0, 0.05) is 31.4 Å². The molecule has 1 N–H and O–H groups in total. The average Bonchev–Trinajstić information content (AvgIpc) is 2.91. The molecule has 0 spiro atoms. The lowest BCUT2D eigenvalue weighted by atomic mass is 10.1. The maximum absolute atomic E-state index is 13.7. The first-order valence-corrected chi connectivity index (χ1v) is 6.83. The van der Waals surface area contributed by atoms with Gasteiger partial charge in [-0.25, -0.2) is 13.8 Å². The number of aromatic hydroxyl groups is 1. The second kappa shape index (κ2) is 5.97. The third-order valence-corrected chi connectivity index (χ3v) is 3.45. The molecule has 3 aromatic rings. The van der Waals surface area contributed by atoms with Crippen LogP contribution in [-0.2, 0) is 13.0 Å². The number of aromatic nitrogens is 2. The van der Waals surface area contributed by atoms with Crippen LogP contribution in [0.15, 0.2) is 54.9 Å². The Morgan fingerprint density at radius 1 is 1.05 bits per heavy atom. The summed E-state index contributed by atoms with van der Waals surface area (Å²) in [7, 11) is 0. The Morgan fingerprint density at radius 2 is 1.82 bits per heavy atom. The lowest BCUT2D eigenvalue weighted by Crippen LogP contribution is -2.06. The van der Waals surface area contributed by atoms with Crippen LogP contribution in [0.1, 0.15) is 17.0 Å². The van der Waals surface area contributed by atoms with Crippen LogP contribution in [-0.4, -0.2) is 14.7 Å². The predicted octanol–water partition coefficient (Wildman–Crippen LogP) is 3.51. The number of phenols is 1. The number of hydrogen-bond acceptors (Lipinski definition) is 2. The van der Waals surface area contributed by atoms with Crippen LogP contribution < -0.4 is 0 Å². The predicted molar refractivity (Wildman–Crippen MR) is 78.6 cm³/mol. The molecular formula is C17H14F2N2O. The molecule has 22 heavy (non-hydrogen) atoms. The summed E-state index contributed by atoms with van der Waals surface area (Å²) in [6, 6.07) is 10.4. The number of hydrogen-bond donors (Lipinski definition) is 1. The molecule has 0 radical (unpaired) electrons. The molecule has 0 unspecified atom stereocenters. The Kier molecular flexibility index (Phi) is 3.87. The normalized spacial score (nSPS) is 10.8. The molecule has 3 nitrogen and oxygen atoms in total. The molecule has 0 saturated heterocycles. The lowest BCUT2D eigenvalue weighted by Gasteiger charge is -2.09. The zero-order chi connectivity index (χ0) is 15.5. The second-order valence-electron chi connectivity index (χ2n) is 5.05. The van der Waals surface area contributed by atoms with Gasteiger partial charge in [0.15, 0.2) is 0 Å². The number of halogens is 2. The van der Waals surface area contributed by atoms with Gasteiger partial charge in [-0.1, -0.05) is 18.2 Å². The van der Waals surface area contributed by atoms with E-state index in [4.69, 9.17) is 0 Å². The van der Waals surface area contributed by atoms with Crippen molar-refractivity contribution in [3.05, 3.63) is 83.4 Å². The SMILES string of the molecule is Oc1ccc(Cn2ccnc2Cc2ccc(F)cc2F)cc1. The van der Waals surface area contributed by atoms with Gasteiger partial charge in [-0.3, -0.25) is 0 Å². The maximum atomic E-state index is 13.7. The minimum atomic E-state index is -0.589. The number of nitrogens with zero attached hydrogens (tertiary/aromatic N) is 2. The van der Waals surface area contributed by atoms with Crippen molar-refractivity contribution in [1.82, 2.24) is 9.55 Å². The highest BCUT2D eigenvalue weighted by Crippen LogP contribution is 2.16. The first-order valence-electron chi connectivity index (χ1n) is 6.83. The summed E-state index contributed by atoms with van der Waals surface area (Å²) in [5.74, 6) is -0.255. The van der Waals surface area contributed by atoms with E-state index in [-0.39, 0.29) is 12.2 Å². The van der Waals surface area contributed by atoms with Crippen LogP contribution >= 0.6 is 0 Å². The third kappa shape index (κ3) is 3.14. The van der Waals surface area contributed by atoms with E-state index in [0.717, 1.165) is 11.6 Å².